The standard InChI is InChI=1S/C14H15F2N3O/c1-9(20)18-11-2-4-19(5-3-11)14-12(15)6-10(8-17)7-13(14)16/h6-7,11H,2-5H2,1H3,(H,18,20). The third kappa shape index (κ3) is 3.05. The van der Waals surface area contributed by atoms with Crippen LogP contribution in [0, 0.1) is 23.0 Å². The van der Waals surface area contributed by atoms with Crippen LogP contribution in [0.15, 0.2) is 12.1 Å². The molecule has 0 radical (unpaired) electrons. The van der Waals surface area contributed by atoms with E-state index in [-0.39, 0.29) is 23.2 Å². The molecule has 1 heterocycles. The van der Waals surface area contributed by atoms with Crippen molar-refractivity contribution in [2.24, 2.45) is 0 Å². The summed E-state index contributed by atoms with van der Waals surface area (Å²) in [5.41, 5.74) is -0.123. The summed E-state index contributed by atoms with van der Waals surface area (Å²) in [6, 6.07) is 3.85. The van der Waals surface area contributed by atoms with Gasteiger partial charge in [-0.05, 0) is 25.0 Å². The van der Waals surface area contributed by atoms with E-state index in [1.807, 2.05) is 0 Å². The first-order valence-electron chi connectivity index (χ1n) is 6.42. The number of nitrogens with zero attached hydrogens (tertiary/aromatic N) is 2. The summed E-state index contributed by atoms with van der Waals surface area (Å²) in [6.07, 6.45) is 1.27. The first kappa shape index (κ1) is 14.3. The van der Waals surface area contributed by atoms with Crippen LogP contribution in [0.2, 0.25) is 0 Å². The lowest BCUT2D eigenvalue weighted by molar-refractivity contribution is -0.119. The van der Waals surface area contributed by atoms with Gasteiger partial charge in [0.25, 0.3) is 0 Å². The minimum Gasteiger partial charge on any atom is -0.367 e. The number of carbonyl (C=O) groups is 1. The Hall–Kier alpha value is -2.16. The van der Waals surface area contributed by atoms with E-state index >= 15 is 0 Å². The molecule has 20 heavy (non-hydrogen) atoms. The zero-order chi connectivity index (χ0) is 14.7. The number of nitriles is 1. The molecule has 0 bridgehead atoms. The fourth-order valence-corrected chi connectivity index (χ4v) is 2.47. The summed E-state index contributed by atoms with van der Waals surface area (Å²) in [4.78, 5) is 12.6. The molecule has 0 aliphatic carbocycles. The second-order valence-corrected chi connectivity index (χ2v) is 4.86. The summed E-state index contributed by atoms with van der Waals surface area (Å²) in [6.45, 7) is 2.38. The van der Waals surface area contributed by atoms with Gasteiger partial charge in [-0.1, -0.05) is 0 Å². The van der Waals surface area contributed by atoms with Crippen LogP contribution in [0.1, 0.15) is 25.3 Å². The quantitative estimate of drug-likeness (QED) is 0.900. The van der Waals surface area contributed by atoms with Crippen LogP contribution in [0.3, 0.4) is 0 Å². The van der Waals surface area contributed by atoms with Gasteiger partial charge in [-0.3, -0.25) is 4.79 Å². The highest BCUT2D eigenvalue weighted by Crippen LogP contribution is 2.27. The highest BCUT2D eigenvalue weighted by Gasteiger charge is 2.24. The van der Waals surface area contributed by atoms with Gasteiger partial charge in [-0.2, -0.15) is 5.26 Å². The predicted octanol–water partition coefficient (Wildman–Crippen LogP) is 1.94. The Kier molecular flexibility index (Phi) is 4.18. The van der Waals surface area contributed by atoms with Gasteiger partial charge in [0.05, 0.1) is 11.6 Å². The van der Waals surface area contributed by atoms with Crippen LogP contribution in [0.5, 0.6) is 0 Å². The van der Waals surface area contributed by atoms with Gasteiger partial charge in [-0.15, -0.1) is 0 Å². The normalized spacial score (nSPS) is 15.8. The average molecular weight is 279 g/mol. The molecule has 1 aromatic rings. The molecule has 6 heteroatoms. The van der Waals surface area contributed by atoms with Crippen molar-refractivity contribution in [1.82, 2.24) is 5.32 Å². The largest absolute Gasteiger partial charge is 0.367 e. The van der Waals surface area contributed by atoms with Gasteiger partial charge in [0.2, 0.25) is 5.91 Å². The van der Waals surface area contributed by atoms with Crippen LogP contribution in [0.25, 0.3) is 0 Å². The number of hydrogen-bond acceptors (Lipinski definition) is 3. The fraction of sp³-hybridized carbons (Fsp3) is 0.429. The van der Waals surface area contributed by atoms with E-state index in [1.54, 1.807) is 11.0 Å². The molecule has 0 atom stereocenters. The van der Waals surface area contributed by atoms with Gasteiger partial charge in [-0.25, -0.2) is 8.78 Å². The predicted molar refractivity (Wildman–Crippen MR) is 70.1 cm³/mol. The molecule has 0 spiro atoms. The fourth-order valence-electron chi connectivity index (χ4n) is 2.47. The molecule has 0 saturated carbocycles. The molecule has 1 saturated heterocycles. The van der Waals surface area contributed by atoms with Crippen molar-refractivity contribution in [1.29, 1.82) is 5.26 Å². The van der Waals surface area contributed by atoms with E-state index < -0.39 is 11.6 Å². The molecule has 106 valence electrons. The molecular formula is C14H15F2N3O. The van der Waals surface area contributed by atoms with Crippen molar-refractivity contribution in [2.75, 3.05) is 18.0 Å². The van der Waals surface area contributed by atoms with Gasteiger partial charge in [0.15, 0.2) is 11.6 Å². The number of halogens is 2. The number of rotatable bonds is 2. The third-order valence-electron chi connectivity index (χ3n) is 3.36. The van der Waals surface area contributed by atoms with Crippen LogP contribution in [0.4, 0.5) is 14.5 Å². The number of amides is 1. The zero-order valence-electron chi connectivity index (χ0n) is 11.1. The van der Waals surface area contributed by atoms with Crippen molar-refractivity contribution < 1.29 is 13.6 Å². The minimum atomic E-state index is -0.723. The molecule has 0 unspecified atom stereocenters. The van der Waals surface area contributed by atoms with Gasteiger partial charge >= 0.3 is 0 Å². The topological polar surface area (TPSA) is 56.1 Å². The SMILES string of the molecule is CC(=O)NC1CCN(c2c(F)cc(C#N)cc2F)CC1. The van der Waals surface area contributed by atoms with E-state index in [9.17, 15) is 13.6 Å². The van der Waals surface area contributed by atoms with Crippen LogP contribution >= 0.6 is 0 Å². The average Bonchev–Trinajstić information content (AvgIpc) is 2.39. The summed E-state index contributed by atoms with van der Waals surface area (Å²) in [5.74, 6) is -1.54. The molecule has 0 aromatic heterocycles. The molecule has 2 rings (SSSR count). The maximum absolute atomic E-state index is 13.9. The maximum atomic E-state index is 13.9. The summed E-state index contributed by atoms with van der Waals surface area (Å²) < 4.78 is 27.8. The van der Waals surface area contributed by atoms with E-state index in [0.717, 1.165) is 12.1 Å². The van der Waals surface area contributed by atoms with E-state index in [4.69, 9.17) is 5.26 Å². The van der Waals surface area contributed by atoms with Crippen LogP contribution in [-0.4, -0.2) is 25.0 Å². The van der Waals surface area contributed by atoms with Gasteiger partial charge < -0.3 is 10.2 Å². The first-order valence-corrected chi connectivity index (χ1v) is 6.42. The molecule has 1 N–H and O–H groups in total. The third-order valence-corrected chi connectivity index (χ3v) is 3.36. The number of piperidine rings is 1. The smallest absolute Gasteiger partial charge is 0.217 e. The van der Waals surface area contributed by atoms with Crippen molar-refractivity contribution in [3.63, 3.8) is 0 Å². The molecule has 1 aromatic carbocycles. The summed E-state index contributed by atoms with van der Waals surface area (Å²) in [5, 5.41) is 11.5. The maximum Gasteiger partial charge on any atom is 0.217 e. The first-order chi connectivity index (χ1) is 9.51. The molecule has 1 fully saturated rings. The van der Waals surface area contributed by atoms with Crippen LogP contribution in [-0.2, 0) is 4.79 Å². The minimum absolute atomic E-state index is 0.0307. The lowest BCUT2D eigenvalue weighted by Crippen LogP contribution is -2.44. The highest BCUT2D eigenvalue weighted by atomic mass is 19.1. The van der Waals surface area contributed by atoms with Gasteiger partial charge in [0.1, 0.15) is 5.69 Å². The summed E-state index contributed by atoms with van der Waals surface area (Å²) >= 11 is 0. The van der Waals surface area contributed by atoms with Crippen molar-refractivity contribution in [3.05, 3.63) is 29.3 Å². The van der Waals surface area contributed by atoms with E-state index in [1.165, 1.54) is 6.92 Å². The van der Waals surface area contributed by atoms with Crippen molar-refractivity contribution >= 4 is 11.6 Å². The molecule has 1 aliphatic heterocycles. The molecule has 1 amide bonds. The Labute approximate surface area is 116 Å². The molecule has 4 nitrogen and oxygen atoms in total. The number of anilines is 1. The van der Waals surface area contributed by atoms with E-state index in [2.05, 4.69) is 5.32 Å². The Morgan fingerprint density at radius 2 is 1.90 bits per heavy atom. The molecule has 1 aliphatic rings. The summed E-state index contributed by atoms with van der Waals surface area (Å²) in [7, 11) is 0. The van der Waals surface area contributed by atoms with E-state index in [0.29, 0.717) is 25.9 Å². The Balaban J connectivity index is 2.11. The monoisotopic (exact) mass is 279 g/mol. The van der Waals surface area contributed by atoms with Crippen molar-refractivity contribution in [2.45, 2.75) is 25.8 Å². The highest BCUT2D eigenvalue weighted by molar-refractivity contribution is 5.73. The van der Waals surface area contributed by atoms with Crippen LogP contribution < -0.4 is 10.2 Å². The number of hydrogen-bond donors (Lipinski definition) is 1. The number of nitrogens with one attached hydrogen (secondary N) is 1. The second-order valence-electron chi connectivity index (χ2n) is 4.86. The number of benzene rings is 1. The zero-order valence-corrected chi connectivity index (χ0v) is 11.1. The Morgan fingerprint density at radius 1 is 1.35 bits per heavy atom. The molecular weight excluding hydrogens is 264 g/mol. The lowest BCUT2D eigenvalue weighted by Gasteiger charge is -2.34. The Bertz CT molecular complexity index is 537. The number of carbonyl (C=O) groups excluding carboxylic acids is 1. The van der Waals surface area contributed by atoms with Crippen molar-refractivity contribution in [3.8, 4) is 6.07 Å². The van der Waals surface area contributed by atoms with Gasteiger partial charge in [0, 0.05) is 26.1 Å². The second kappa shape index (κ2) is 5.87. The lowest BCUT2D eigenvalue weighted by atomic mass is 10.0. The Morgan fingerprint density at radius 3 is 2.35 bits per heavy atom.